The minimum absolute atomic E-state index is 0.0610. The van der Waals surface area contributed by atoms with Crippen molar-refractivity contribution in [2.24, 2.45) is 0 Å². The van der Waals surface area contributed by atoms with Crippen LogP contribution in [0.4, 0.5) is 5.82 Å². The predicted octanol–water partition coefficient (Wildman–Crippen LogP) is 1.09. The molecule has 1 fully saturated rings. The first-order valence-corrected chi connectivity index (χ1v) is 10.5. The smallest absolute Gasteiger partial charge is 0.255 e. The maximum atomic E-state index is 12.7. The summed E-state index contributed by atoms with van der Waals surface area (Å²) in [6, 6.07) is 3.31. The van der Waals surface area contributed by atoms with E-state index in [0.717, 1.165) is 25.3 Å². The number of hydrogen-bond donors (Lipinski definition) is 1. The van der Waals surface area contributed by atoms with Crippen LogP contribution in [0.1, 0.15) is 30.1 Å². The van der Waals surface area contributed by atoms with Crippen molar-refractivity contribution in [1.29, 1.82) is 0 Å². The Morgan fingerprint density at radius 2 is 2.12 bits per heavy atom. The van der Waals surface area contributed by atoms with Crippen LogP contribution in [0.25, 0.3) is 0 Å². The molecule has 7 nitrogen and oxygen atoms in total. The molecule has 8 heteroatoms. The summed E-state index contributed by atoms with van der Waals surface area (Å²) < 4.78 is 23.3. The highest BCUT2D eigenvalue weighted by atomic mass is 32.2. The van der Waals surface area contributed by atoms with Crippen molar-refractivity contribution in [3.05, 3.63) is 23.9 Å². The summed E-state index contributed by atoms with van der Waals surface area (Å²) in [7, 11) is 1.06. The lowest BCUT2D eigenvalue weighted by atomic mass is 10.1. The van der Waals surface area contributed by atoms with Crippen molar-refractivity contribution < 1.29 is 13.2 Å². The molecule has 2 heterocycles. The van der Waals surface area contributed by atoms with Crippen LogP contribution < -0.4 is 5.32 Å². The maximum absolute atomic E-state index is 12.7. The molecular formula is C17H28N4O3S. The number of nitrogens with one attached hydrogen (secondary N) is 1. The van der Waals surface area contributed by atoms with Gasteiger partial charge < -0.3 is 15.1 Å². The van der Waals surface area contributed by atoms with Gasteiger partial charge in [-0.05, 0) is 52.5 Å². The van der Waals surface area contributed by atoms with E-state index in [-0.39, 0.29) is 23.5 Å². The molecule has 0 spiro atoms. The van der Waals surface area contributed by atoms with Gasteiger partial charge in [-0.15, -0.1) is 0 Å². The number of carbonyl (C=O) groups excluding carboxylic acids is 1. The zero-order chi connectivity index (χ0) is 18.4. The molecule has 2 rings (SSSR count). The van der Waals surface area contributed by atoms with Crippen molar-refractivity contribution in [2.75, 3.05) is 50.6 Å². The molecule has 1 unspecified atom stereocenters. The van der Waals surface area contributed by atoms with Gasteiger partial charge in [0.25, 0.3) is 5.91 Å². The van der Waals surface area contributed by atoms with E-state index in [1.165, 1.54) is 0 Å². The van der Waals surface area contributed by atoms with Crippen molar-refractivity contribution in [2.45, 2.75) is 25.8 Å². The van der Waals surface area contributed by atoms with Gasteiger partial charge in [0.15, 0.2) is 9.84 Å². The van der Waals surface area contributed by atoms with E-state index < -0.39 is 9.84 Å². The first kappa shape index (κ1) is 19.7. The molecular weight excluding hydrogens is 340 g/mol. The number of carbonyl (C=O) groups is 1. The van der Waals surface area contributed by atoms with Crippen LogP contribution in [0.5, 0.6) is 0 Å². The van der Waals surface area contributed by atoms with Crippen LogP contribution in [0, 0.1) is 0 Å². The zero-order valence-corrected chi connectivity index (χ0v) is 16.1. The SMILES string of the molecule is CCN(C(=O)c1ccc(NCCCN(C)C)nc1)C1CCS(=O)(=O)C1. The number of nitrogens with zero attached hydrogens (tertiary/aromatic N) is 3. The lowest BCUT2D eigenvalue weighted by molar-refractivity contribution is 0.0708. The normalized spacial score (nSPS) is 19.1. The summed E-state index contributed by atoms with van der Waals surface area (Å²) in [5.41, 5.74) is 0.491. The van der Waals surface area contributed by atoms with E-state index in [1.807, 2.05) is 21.0 Å². The van der Waals surface area contributed by atoms with Crippen LogP contribution in [0.15, 0.2) is 18.3 Å². The van der Waals surface area contributed by atoms with Gasteiger partial charge in [-0.3, -0.25) is 4.79 Å². The Hall–Kier alpha value is -1.67. The Kier molecular flexibility index (Phi) is 6.78. The molecule has 0 radical (unpaired) electrons. The van der Waals surface area contributed by atoms with Gasteiger partial charge in [-0.25, -0.2) is 13.4 Å². The van der Waals surface area contributed by atoms with Gasteiger partial charge >= 0.3 is 0 Å². The Labute approximate surface area is 150 Å². The maximum Gasteiger partial charge on any atom is 0.255 e. The number of sulfone groups is 1. The molecule has 1 aliphatic rings. The number of anilines is 1. The van der Waals surface area contributed by atoms with E-state index >= 15 is 0 Å². The van der Waals surface area contributed by atoms with E-state index in [4.69, 9.17) is 0 Å². The lowest BCUT2D eigenvalue weighted by Crippen LogP contribution is -2.41. The third-order valence-corrected chi connectivity index (χ3v) is 6.10. The van der Waals surface area contributed by atoms with Crippen LogP contribution in [0.3, 0.4) is 0 Å². The molecule has 0 aromatic carbocycles. The third kappa shape index (κ3) is 5.67. The van der Waals surface area contributed by atoms with Crippen molar-refractivity contribution in [3.8, 4) is 0 Å². The molecule has 0 aliphatic carbocycles. The van der Waals surface area contributed by atoms with E-state index in [9.17, 15) is 13.2 Å². The minimum atomic E-state index is -3.01. The van der Waals surface area contributed by atoms with Gasteiger partial charge in [0, 0.05) is 25.3 Å². The van der Waals surface area contributed by atoms with E-state index in [0.29, 0.717) is 18.5 Å². The van der Waals surface area contributed by atoms with Crippen LogP contribution in [-0.4, -0.2) is 80.4 Å². The lowest BCUT2D eigenvalue weighted by Gasteiger charge is -2.26. The molecule has 25 heavy (non-hydrogen) atoms. The summed E-state index contributed by atoms with van der Waals surface area (Å²) in [5, 5.41) is 3.23. The molecule has 0 saturated carbocycles. The first-order valence-electron chi connectivity index (χ1n) is 8.68. The topological polar surface area (TPSA) is 82.6 Å². The average Bonchev–Trinajstić information content (AvgIpc) is 2.92. The van der Waals surface area contributed by atoms with Crippen molar-refractivity contribution in [1.82, 2.24) is 14.8 Å². The highest BCUT2D eigenvalue weighted by Crippen LogP contribution is 2.20. The largest absolute Gasteiger partial charge is 0.370 e. The number of hydrogen-bond acceptors (Lipinski definition) is 6. The van der Waals surface area contributed by atoms with Crippen molar-refractivity contribution >= 4 is 21.6 Å². The molecule has 1 saturated heterocycles. The molecule has 140 valence electrons. The second-order valence-electron chi connectivity index (χ2n) is 6.66. The summed E-state index contributed by atoms with van der Waals surface area (Å²) in [6.45, 7) is 4.18. The molecule has 1 aliphatic heterocycles. The van der Waals surface area contributed by atoms with Gasteiger partial charge in [0.05, 0.1) is 17.1 Å². The second kappa shape index (κ2) is 8.62. The summed E-state index contributed by atoms with van der Waals surface area (Å²) in [4.78, 5) is 20.8. The van der Waals surface area contributed by atoms with Gasteiger partial charge in [-0.1, -0.05) is 0 Å². The van der Waals surface area contributed by atoms with Gasteiger partial charge in [0.1, 0.15) is 5.82 Å². The predicted molar refractivity (Wildman–Crippen MR) is 99.7 cm³/mol. The van der Waals surface area contributed by atoms with Gasteiger partial charge in [0.2, 0.25) is 0 Å². The Morgan fingerprint density at radius 3 is 2.64 bits per heavy atom. The molecule has 1 amide bonds. The number of amides is 1. The fourth-order valence-electron chi connectivity index (χ4n) is 2.99. The van der Waals surface area contributed by atoms with Crippen molar-refractivity contribution in [3.63, 3.8) is 0 Å². The Bertz CT molecular complexity index is 674. The molecule has 1 aromatic heterocycles. The number of aromatic nitrogens is 1. The first-order chi connectivity index (χ1) is 11.8. The average molecular weight is 369 g/mol. The highest BCUT2D eigenvalue weighted by molar-refractivity contribution is 7.91. The van der Waals surface area contributed by atoms with Crippen LogP contribution in [-0.2, 0) is 9.84 Å². The molecule has 1 atom stereocenters. The molecule has 1 aromatic rings. The second-order valence-corrected chi connectivity index (χ2v) is 8.89. The van der Waals surface area contributed by atoms with Gasteiger partial charge in [-0.2, -0.15) is 0 Å². The number of pyridine rings is 1. The number of rotatable bonds is 8. The fourth-order valence-corrected chi connectivity index (χ4v) is 4.72. The third-order valence-electron chi connectivity index (χ3n) is 4.35. The highest BCUT2D eigenvalue weighted by Gasteiger charge is 2.34. The monoisotopic (exact) mass is 368 g/mol. The Balaban J connectivity index is 1.94. The Morgan fingerprint density at radius 1 is 1.36 bits per heavy atom. The standard InChI is InChI=1S/C17H28N4O3S/c1-4-21(15-8-11-25(23,24)13-15)17(22)14-6-7-16(19-12-14)18-9-5-10-20(2)3/h6-7,12,15H,4-5,8-11,13H2,1-3H3,(H,18,19). The minimum Gasteiger partial charge on any atom is -0.370 e. The summed E-state index contributed by atoms with van der Waals surface area (Å²) >= 11 is 0. The summed E-state index contributed by atoms with van der Waals surface area (Å²) in [5.74, 6) is 0.805. The molecule has 0 bridgehead atoms. The van der Waals surface area contributed by atoms with Crippen LogP contribution >= 0.6 is 0 Å². The zero-order valence-electron chi connectivity index (χ0n) is 15.2. The van der Waals surface area contributed by atoms with Crippen LogP contribution in [0.2, 0.25) is 0 Å². The van der Waals surface area contributed by atoms with E-state index in [2.05, 4.69) is 15.2 Å². The van der Waals surface area contributed by atoms with E-state index in [1.54, 1.807) is 23.2 Å². The molecule has 1 N–H and O–H groups in total. The fraction of sp³-hybridized carbons (Fsp3) is 0.647. The quantitative estimate of drug-likeness (QED) is 0.692. The summed E-state index contributed by atoms with van der Waals surface area (Å²) in [6.07, 6.45) is 3.08.